The number of esters is 1. The number of carbonyl (C=O) groups excluding carboxylic acids is 2. The molecule has 0 heterocycles. The van der Waals surface area contributed by atoms with Crippen molar-refractivity contribution >= 4 is 17.6 Å². The predicted octanol–water partition coefficient (Wildman–Crippen LogP) is 3.90. The third kappa shape index (κ3) is 4.53. The standard InChI is InChI=1S/C18H16F3NO4/c1-10-7-8-15(23)12(9-10)17(25)26-11(2)16(24)22-14-6-4-3-5-13(14)18(19,20)21/h3-9,11,23H,1-2H3,(H,22,24)/t11-/m0/s1. The average Bonchev–Trinajstić information content (AvgIpc) is 2.56. The van der Waals surface area contributed by atoms with Crippen molar-refractivity contribution in [2.45, 2.75) is 26.1 Å². The van der Waals surface area contributed by atoms with Gasteiger partial charge in [-0.1, -0.05) is 23.8 Å². The van der Waals surface area contributed by atoms with Crippen LogP contribution in [0, 0.1) is 6.92 Å². The SMILES string of the molecule is Cc1ccc(O)c(C(=O)O[C@@H](C)C(=O)Nc2ccccc2C(F)(F)F)c1. The van der Waals surface area contributed by atoms with Gasteiger partial charge in [-0.25, -0.2) is 4.79 Å². The fourth-order valence-corrected chi connectivity index (χ4v) is 2.16. The summed E-state index contributed by atoms with van der Waals surface area (Å²) in [5.41, 5.74) is -0.902. The van der Waals surface area contributed by atoms with Gasteiger partial charge >= 0.3 is 12.1 Å². The van der Waals surface area contributed by atoms with Gasteiger partial charge in [0, 0.05) is 0 Å². The largest absolute Gasteiger partial charge is 0.507 e. The van der Waals surface area contributed by atoms with Crippen molar-refractivity contribution in [1.29, 1.82) is 0 Å². The third-order valence-electron chi connectivity index (χ3n) is 3.52. The Hall–Kier alpha value is -3.03. The molecule has 0 aliphatic heterocycles. The lowest BCUT2D eigenvalue weighted by Crippen LogP contribution is -2.30. The van der Waals surface area contributed by atoms with Crippen molar-refractivity contribution in [2.75, 3.05) is 5.32 Å². The normalized spacial score (nSPS) is 12.3. The Morgan fingerprint density at radius 1 is 1.15 bits per heavy atom. The van der Waals surface area contributed by atoms with Gasteiger partial charge in [0.1, 0.15) is 11.3 Å². The first kappa shape index (κ1) is 19.3. The lowest BCUT2D eigenvalue weighted by Gasteiger charge is -2.17. The van der Waals surface area contributed by atoms with Gasteiger partial charge in [-0.05, 0) is 38.1 Å². The van der Waals surface area contributed by atoms with Crippen LogP contribution >= 0.6 is 0 Å². The van der Waals surface area contributed by atoms with Gasteiger partial charge < -0.3 is 15.2 Å². The number of aryl methyl sites for hydroxylation is 1. The summed E-state index contributed by atoms with van der Waals surface area (Å²) in [6.45, 7) is 2.91. The van der Waals surface area contributed by atoms with Gasteiger partial charge in [-0.2, -0.15) is 13.2 Å². The van der Waals surface area contributed by atoms with Crippen LogP contribution in [-0.2, 0) is 15.7 Å². The Balaban J connectivity index is 2.11. The third-order valence-corrected chi connectivity index (χ3v) is 3.52. The molecular weight excluding hydrogens is 351 g/mol. The Labute approximate surface area is 147 Å². The second-order valence-corrected chi connectivity index (χ2v) is 5.60. The van der Waals surface area contributed by atoms with Gasteiger partial charge in [0.05, 0.1) is 11.3 Å². The number of rotatable bonds is 4. The fourth-order valence-electron chi connectivity index (χ4n) is 2.16. The van der Waals surface area contributed by atoms with Crippen molar-refractivity contribution in [3.05, 3.63) is 59.2 Å². The van der Waals surface area contributed by atoms with Crippen molar-refractivity contribution in [3.8, 4) is 5.75 Å². The Kier molecular flexibility index (Phi) is 5.54. The summed E-state index contributed by atoms with van der Waals surface area (Å²) in [6.07, 6.45) is -6.01. The average molecular weight is 367 g/mol. The van der Waals surface area contributed by atoms with Gasteiger partial charge in [-0.15, -0.1) is 0 Å². The van der Waals surface area contributed by atoms with E-state index in [4.69, 9.17) is 4.74 Å². The molecule has 0 spiro atoms. The van der Waals surface area contributed by atoms with E-state index in [0.717, 1.165) is 12.1 Å². The lowest BCUT2D eigenvalue weighted by atomic mass is 10.1. The van der Waals surface area contributed by atoms with Crippen LogP contribution in [0.1, 0.15) is 28.4 Å². The van der Waals surface area contributed by atoms with Crippen LogP contribution in [0.2, 0.25) is 0 Å². The summed E-state index contributed by atoms with van der Waals surface area (Å²) in [6, 6.07) is 8.72. The van der Waals surface area contributed by atoms with Crippen LogP contribution in [0.3, 0.4) is 0 Å². The van der Waals surface area contributed by atoms with Crippen LogP contribution in [0.15, 0.2) is 42.5 Å². The molecule has 1 amide bonds. The topological polar surface area (TPSA) is 75.6 Å². The summed E-state index contributed by atoms with van der Waals surface area (Å²) >= 11 is 0. The molecule has 0 unspecified atom stereocenters. The molecule has 2 N–H and O–H groups in total. The minimum Gasteiger partial charge on any atom is -0.507 e. The smallest absolute Gasteiger partial charge is 0.418 e. The molecule has 2 aromatic rings. The second-order valence-electron chi connectivity index (χ2n) is 5.60. The number of phenolic OH excluding ortho intramolecular Hbond substituents is 1. The van der Waals surface area contributed by atoms with Crippen molar-refractivity contribution < 1.29 is 32.6 Å². The monoisotopic (exact) mass is 367 g/mol. The number of para-hydroxylation sites is 1. The molecule has 138 valence electrons. The molecular formula is C18H16F3NO4. The number of ether oxygens (including phenoxy) is 1. The highest BCUT2D eigenvalue weighted by atomic mass is 19.4. The van der Waals surface area contributed by atoms with Crippen LogP contribution in [0.25, 0.3) is 0 Å². The number of benzene rings is 2. The molecule has 0 saturated carbocycles. The molecule has 8 heteroatoms. The summed E-state index contributed by atoms with van der Waals surface area (Å²) in [4.78, 5) is 24.2. The molecule has 1 atom stereocenters. The first-order chi connectivity index (χ1) is 12.1. The molecule has 0 bridgehead atoms. The summed E-state index contributed by atoms with van der Waals surface area (Å²) in [5.74, 6) is -2.21. The maximum absolute atomic E-state index is 12.9. The van der Waals surface area contributed by atoms with E-state index in [1.165, 1.54) is 31.2 Å². The molecule has 0 aliphatic carbocycles. The second kappa shape index (κ2) is 7.47. The number of carbonyl (C=O) groups is 2. The van der Waals surface area contributed by atoms with E-state index in [1.54, 1.807) is 13.0 Å². The van der Waals surface area contributed by atoms with Crippen molar-refractivity contribution in [3.63, 3.8) is 0 Å². The first-order valence-corrected chi connectivity index (χ1v) is 7.57. The van der Waals surface area contributed by atoms with Gasteiger partial charge in [0.2, 0.25) is 0 Å². The molecule has 26 heavy (non-hydrogen) atoms. The number of hydrogen-bond acceptors (Lipinski definition) is 4. The highest BCUT2D eigenvalue weighted by Gasteiger charge is 2.34. The van der Waals surface area contributed by atoms with Crippen LogP contribution < -0.4 is 5.32 Å². The van der Waals surface area contributed by atoms with E-state index in [9.17, 15) is 27.9 Å². The first-order valence-electron chi connectivity index (χ1n) is 7.57. The van der Waals surface area contributed by atoms with E-state index < -0.39 is 35.4 Å². The van der Waals surface area contributed by atoms with Gasteiger partial charge in [0.25, 0.3) is 5.91 Å². The molecule has 0 fully saturated rings. The zero-order chi connectivity index (χ0) is 19.5. The molecule has 0 radical (unpaired) electrons. The Morgan fingerprint density at radius 2 is 1.81 bits per heavy atom. The molecule has 2 rings (SSSR count). The van der Waals surface area contributed by atoms with Crippen molar-refractivity contribution in [2.24, 2.45) is 0 Å². The van der Waals surface area contributed by atoms with Crippen LogP contribution in [0.5, 0.6) is 5.75 Å². The summed E-state index contributed by atoms with van der Waals surface area (Å²) in [7, 11) is 0. The number of phenols is 1. The van der Waals surface area contributed by atoms with Gasteiger partial charge in [0.15, 0.2) is 6.10 Å². The Morgan fingerprint density at radius 3 is 2.46 bits per heavy atom. The maximum Gasteiger partial charge on any atom is 0.418 e. The fraction of sp³-hybridized carbons (Fsp3) is 0.222. The Bertz CT molecular complexity index is 833. The molecule has 0 saturated heterocycles. The molecule has 0 aromatic heterocycles. The predicted molar refractivity (Wildman–Crippen MR) is 87.8 cm³/mol. The van der Waals surface area contributed by atoms with Crippen molar-refractivity contribution in [1.82, 2.24) is 0 Å². The molecule has 5 nitrogen and oxygen atoms in total. The summed E-state index contributed by atoms with van der Waals surface area (Å²) < 4.78 is 43.8. The van der Waals surface area contributed by atoms with Crippen LogP contribution in [-0.4, -0.2) is 23.1 Å². The number of amides is 1. The highest BCUT2D eigenvalue weighted by Crippen LogP contribution is 2.34. The van der Waals surface area contributed by atoms with E-state index in [-0.39, 0.29) is 11.3 Å². The number of anilines is 1. The number of alkyl halides is 3. The quantitative estimate of drug-likeness (QED) is 0.804. The maximum atomic E-state index is 12.9. The minimum absolute atomic E-state index is 0.139. The highest BCUT2D eigenvalue weighted by molar-refractivity contribution is 5.98. The van der Waals surface area contributed by atoms with E-state index in [1.807, 2.05) is 0 Å². The number of hydrogen-bond donors (Lipinski definition) is 2. The number of aromatic hydroxyl groups is 1. The zero-order valence-corrected chi connectivity index (χ0v) is 13.9. The van der Waals surface area contributed by atoms with E-state index >= 15 is 0 Å². The van der Waals surface area contributed by atoms with Crippen LogP contribution in [0.4, 0.5) is 18.9 Å². The number of halogens is 3. The zero-order valence-electron chi connectivity index (χ0n) is 13.9. The molecule has 0 aliphatic rings. The van der Waals surface area contributed by atoms with E-state index in [2.05, 4.69) is 5.32 Å². The minimum atomic E-state index is -4.64. The van der Waals surface area contributed by atoms with E-state index in [0.29, 0.717) is 5.56 Å². The summed E-state index contributed by atoms with van der Waals surface area (Å²) in [5, 5.41) is 11.8. The number of nitrogens with one attached hydrogen (secondary N) is 1. The molecule has 2 aromatic carbocycles. The lowest BCUT2D eigenvalue weighted by molar-refractivity contribution is -0.137. The van der Waals surface area contributed by atoms with Gasteiger partial charge in [-0.3, -0.25) is 4.79 Å².